The second-order valence-electron chi connectivity index (χ2n) is 1.44. The van der Waals surface area contributed by atoms with E-state index in [0.717, 1.165) is 7.41 Å². The van der Waals surface area contributed by atoms with Crippen molar-refractivity contribution in [2.75, 3.05) is 0 Å². The maximum absolute atomic E-state index is 5.35. The molecule has 0 aromatic rings. The summed E-state index contributed by atoms with van der Waals surface area (Å²) in [6.07, 6.45) is 5.36. The molecular weight excluding hydrogens is 354 g/mol. The minimum absolute atomic E-state index is 0.738. The minimum Gasteiger partial charge on any atom is -0.394 e. The van der Waals surface area contributed by atoms with E-state index in [1.165, 1.54) is 0 Å². The molecule has 0 atom stereocenters. The van der Waals surface area contributed by atoms with Gasteiger partial charge in [0, 0.05) is 6.21 Å². The van der Waals surface area contributed by atoms with E-state index in [1.54, 1.807) is 12.3 Å². The van der Waals surface area contributed by atoms with Crippen molar-refractivity contribution in [3.05, 3.63) is 19.6 Å². The lowest BCUT2D eigenvalue weighted by molar-refractivity contribution is 1.52. The molecule has 0 bridgehead atoms. The van der Waals surface area contributed by atoms with Crippen molar-refractivity contribution in [2.45, 2.75) is 6.92 Å². The SMILES string of the molecule is C\C=C(I)/N=C\C=C(/N)I. The Morgan fingerprint density at radius 1 is 1.50 bits per heavy atom. The first kappa shape index (κ1) is 10.4. The minimum atomic E-state index is 0.738. The third-order valence-corrected chi connectivity index (χ3v) is 1.93. The van der Waals surface area contributed by atoms with E-state index in [9.17, 15) is 0 Å². The monoisotopic (exact) mass is 362 g/mol. The molecule has 2 N–H and O–H groups in total. The fourth-order valence-electron chi connectivity index (χ4n) is 0.254. The Morgan fingerprint density at radius 2 is 2.10 bits per heavy atom. The molecular formula is C6H8I2N2. The molecule has 0 fully saturated rings. The molecule has 0 saturated carbocycles. The summed E-state index contributed by atoms with van der Waals surface area (Å²) in [4.78, 5) is 4.04. The van der Waals surface area contributed by atoms with E-state index in [-0.39, 0.29) is 0 Å². The fourth-order valence-corrected chi connectivity index (χ4v) is 0.576. The average molecular weight is 362 g/mol. The first-order chi connectivity index (χ1) is 4.66. The lowest BCUT2D eigenvalue weighted by atomic mass is 10.6. The van der Waals surface area contributed by atoms with Gasteiger partial charge < -0.3 is 5.73 Å². The Hall–Kier alpha value is 0.410. The molecule has 0 amide bonds. The predicted molar refractivity (Wildman–Crippen MR) is 62.6 cm³/mol. The molecule has 0 heterocycles. The second kappa shape index (κ2) is 6.14. The summed E-state index contributed by atoms with van der Waals surface area (Å²) < 4.78 is 1.70. The Balaban J connectivity index is 3.90. The Labute approximate surface area is 87.9 Å². The first-order valence-electron chi connectivity index (χ1n) is 2.64. The van der Waals surface area contributed by atoms with E-state index in [1.807, 2.05) is 35.6 Å². The molecule has 0 spiro atoms. The van der Waals surface area contributed by atoms with E-state index in [4.69, 9.17) is 5.73 Å². The number of nitrogens with zero attached hydrogens (tertiary/aromatic N) is 1. The number of halogens is 2. The largest absolute Gasteiger partial charge is 0.394 e. The van der Waals surface area contributed by atoms with Crippen molar-refractivity contribution in [1.29, 1.82) is 0 Å². The summed E-state index contributed by atoms with van der Waals surface area (Å²) in [7, 11) is 0. The molecule has 0 radical (unpaired) electrons. The van der Waals surface area contributed by atoms with Gasteiger partial charge in [-0.15, -0.1) is 0 Å². The number of hydrogen-bond acceptors (Lipinski definition) is 2. The van der Waals surface area contributed by atoms with Crippen LogP contribution in [0.3, 0.4) is 0 Å². The predicted octanol–water partition coefficient (Wildman–Crippen LogP) is 2.59. The van der Waals surface area contributed by atoms with Crippen LogP contribution in [0.5, 0.6) is 0 Å². The molecule has 4 heteroatoms. The molecule has 10 heavy (non-hydrogen) atoms. The molecule has 0 aromatic heterocycles. The maximum Gasteiger partial charge on any atom is 0.0966 e. The van der Waals surface area contributed by atoms with Crippen LogP contribution >= 0.6 is 45.2 Å². The van der Waals surface area contributed by atoms with Crippen molar-refractivity contribution in [1.82, 2.24) is 0 Å². The van der Waals surface area contributed by atoms with Gasteiger partial charge in [-0.3, -0.25) is 4.99 Å². The highest BCUT2D eigenvalue weighted by Gasteiger charge is 1.78. The van der Waals surface area contributed by atoms with Crippen LogP contribution in [0.2, 0.25) is 0 Å². The van der Waals surface area contributed by atoms with Gasteiger partial charge in [0.2, 0.25) is 0 Å². The van der Waals surface area contributed by atoms with Crippen LogP contribution in [-0.2, 0) is 0 Å². The van der Waals surface area contributed by atoms with Crippen LogP contribution in [0.25, 0.3) is 0 Å². The van der Waals surface area contributed by atoms with Gasteiger partial charge in [0.25, 0.3) is 0 Å². The topological polar surface area (TPSA) is 38.4 Å². The Bertz CT molecular complexity index is 178. The van der Waals surface area contributed by atoms with Crippen LogP contribution < -0.4 is 5.73 Å². The zero-order chi connectivity index (χ0) is 7.98. The van der Waals surface area contributed by atoms with Crippen molar-refractivity contribution in [2.24, 2.45) is 10.7 Å². The van der Waals surface area contributed by atoms with E-state index >= 15 is 0 Å². The zero-order valence-corrected chi connectivity index (χ0v) is 9.83. The fraction of sp³-hybridized carbons (Fsp3) is 0.167. The smallest absolute Gasteiger partial charge is 0.0966 e. The number of rotatable bonds is 2. The lowest BCUT2D eigenvalue weighted by Crippen LogP contribution is -1.85. The van der Waals surface area contributed by atoms with Gasteiger partial charge in [-0.25, -0.2) is 0 Å². The standard InChI is InChI=1S/C6H8I2N2/c1-2-6(8)10-4-3-5(7)9/h2-4H,9H2,1H3/b5-3-,6-2-,10-4-. The molecule has 0 aromatic carbocycles. The normalized spacial score (nSPS) is 14.7. The maximum atomic E-state index is 5.35. The molecule has 0 aliphatic carbocycles. The Morgan fingerprint density at radius 3 is 2.50 bits per heavy atom. The highest BCUT2D eigenvalue weighted by molar-refractivity contribution is 14.1. The third-order valence-electron chi connectivity index (χ3n) is 0.670. The lowest BCUT2D eigenvalue weighted by Gasteiger charge is -1.83. The quantitative estimate of drug-likeness (QED) is 0.458. The van der Waals surface area contributed by atoms with Crippen molar-refractivity contribution < 1.29 is 0 Å². The van der Waals surface area contributed by atoms with Gasteiger partial charge in [-0.2, -0.15) is 0 Å². The highest BCUT2D eigenvalue weighted by atomic mass is 127. The highest BCUT2D eigenvalue weighted by Crippen LogP contribution is 2.05. The van der Waals surface area contributed by atoms with Crippen LogP contribution in [0.15, 0.2) is 24.6 Å². The van der Waals surface area contributed by atoms with Crippen molar-refractivity contribution in [3.8, 4) is 0 Å². The molecule has 0 unspecified atom stereocenters. The van der Waals surface area contributed by atoms with Crippen LogP contribution in [0.4, 0.5) is 0 Å². The van der Waals surface area contributed by atoms with Gasteiger partial charge in [0.05, 0.1) is 7.41 Å². The number of allylic oxidation sites excluding steroid dienone is 2. The van der Waals surface area contributed by atoms with Crippen LogP contribution in [-0.4, -0.2) is 6.21 Å². The molecule has 0 saturated heterocycles. The molecule has 2 nitrogen and oxygen atoms in total. The Kier molecular flexibility index (Phi) is 6.39. The van der Waals surface area contributed by atoms with Gasteiger partial charge in [0.1, 0.15) is 0 Å². The number of nitrogens with two attached hydrogens (primary N) is 1. The van der Waals surface area contributed by atoms with Crippen LogP contribution in [0, 0.1) is 0 Å². The van der Waals surface area contributed by atoms with Gasteiger partial charge in [-0.1, -0.05) is 6.08 Å². The summed E-state index contributed by atoms with van der Waals surface area (Å²) in [5.74, 6) is 0. The van der Waals surface area contributed by atoms with Gasteiger partial charge >= 0.3 is 0 Å². The summed E-state index contributed by atoms with van der Waals surface area (Å²) in [5.41, 5.74) is 5.35. The summed E-state index contributed by atoms with van der Waals surface area (Å²) >= 11 is 4.17. The summed E-state index contributed by atoms with van der Waals surface area (Å²) in [6.45, 7) is 1.94. The van der Waals surface area contributed by atoms with Crippen LogP contribution in [0.1, 0.15) is 6.92 Å². The van der Waals surface area contributed by atoms with Crippen molar-refractivity contribution in [3.63, 3.8) is 0 Å². The van der Waals surface area contributed by atoms with E-state index in [2.05, 4.69) is 27.6 Å². The van der Waals surface area contributed by atoms with Gasteiger partial charge in [-0.05, 0) is 58.2 Å². The molecule has 56 valence electrons. The third kappa shape index (κ3) is 6.53. The second-order valence-corrected chi connectivity index (χ2v) is 3.79. The first-order valence-corrected chi connectivity index (χ1v) is 4.79. The zero-order valence-electron chi connectivity index (χ0n) is 5.51. The van der Waals surface area contributed by atoms with E-state index in [0.29, 0.717) is 0 Å². The average Bonchev–Trinajstić information content (AvgIpc) is 1.87. The summed E-state index contributed by atoms with van der Waals surface area (Å²) in [6, 6.07) is 0. The molecule has 0 aliphatic heterocycles. The van der Waals surface area contributed by atoms with Crippen molar-refractivity contribution >= 4 is 51.4 Å². The molecule has 0 rings (SSSR count). The summed E-state index contributed by atoms with van der Waals surface area (Å²) in [5, 5.41) is 0. The van der Waals surface area contributed by atoms with E-state index < -0.39 is 0 Å². The molecule has 0 aliphatic rings. The number of aliphatic imine (C=N–C) groups is 1. The van der Waals surface area contributed by atoms with Gasteiger partial charge in [0.15, 0.2) is 0 Å². The number of hydrogen-bond donors (Lipinski definition) is 1.